The van der Waals surface area contributed by atoms with E-state index in [1.54, 1.807) is 25.9 Å². The summed E-state index contributed by atoms with van der Waals surface area (Å²) < 4.78 is 11.9. The van der Waals surface area contributed by atoms with Gasteiger partial charge in [0, 0.05) is 36.8 Å². The lowest BCUT2D eigenvalue weighted by Gasteiger charge is -2.40. The number of halogens is 1. The van der Waals surface area contributed by atoms with Crippen LogP contribution in [0.4, 0.5) is 5.69 Å². The van der Waals surface area contributed by atoms with Crippen LogP contribution in [0.2, 0.25) is 0 Å². The second-order valence-corrected chi connectivity index (χ2v) is 10.5. The maximum atomic E-state index is 13.7. The molecule has 0 saturated heterocycles. The fraction of sp³-hybridized carbons (Fsp3) is 0.680. The molecule has 1 saturated carbocycles. The molecule has 1 aromatic carbocycles. The zero-order chi connectivity index (χ0) is 23.5. The third-order valence-electron chi connectivity index (χ3n) is 6.43. The lowest BCUT2D eigenvalue weighted by Crippen LogP contribution is -2.53. The van der Waals surface area contributed by atoms with Crippen LogP contribution in [0.5, 0.6) is 5.75 Å². The SMILES string of the molecule is COCCCCN1C(=O)C(C)(C)Oc2cc(Br)c(C(=O)N(C(C)C)C3CCCCC3)cc21. The predicted molar refractivity (Wildman–Crippen MR) is 130 cm³/mol. The first-order valence-corrected chi connectivity index (χ1v) is 12.6. The van der Waals surface area contributed by atoms with E-state index in [-0.39, 0.29) is 23.9 Å². The van der Waals surface area contributed by atoms with Crippen molar-refractivity contribution in [2.24, 2.45) is 0 Å². The average Bonchev–Trinajstić information content (AvgIpc) is 2.73. The van der Waals surface area contributed by atoms with Crippen LogP contribution in [0, 0.1) is 0 Å². The van der Waals surface area contributed by atoms with Gasteiger partial charge in [0.15, 0.2) is 5.60 Å². The van der Waals surface area contributed by atoms with Crippen molar-refractivity contribution < 1.29 is 19.1 Å². The Morgan fingerprint density at radius 2 is 1.94 bits per heavy atom. The Morgan fingerprint density at radius 3 is 2.56 bits per heavy atom. The molecule has 32 heavy (non-hydrogen) atoms. The number of unbranched alkanes of at least 4 members (excludes halogenated alkanes) is 1. The van der Waals surface area contributed by atoms with Crippen molar-refractivity contribution in [2.45, 2.75) is 90.3 Å². The number of benzene rings is 1. The van der Waals surface area contributed by atoms with E-state index in [0.29, 0.717) is 34.6 Å². The number of ether oxygens (including phenoxy) is 2. The third kappa shape index (κ3) is 5.30. The van der Waals surface area contributed by atoms with Gasteiger partial charge in [0.1, 0.15) is 5.75 Å². The van der Waals surface area contributed by atoms with Gasteiger partial charge in [0.05, 0.1) is 11.3 Å². The number of anilines is 1. The molecule has 0 radical (unpaired) electrons. The largest absolute Gasteiger partial charge is 0.476 e. The topological polar surface area (TPSA) is 59.1 Å². The first kappa shape index (κ1) is 25.0. The average molecular weight is 509 g/mol. The molecule has 2 aliphatic rings. The van der Waals surface area contributed by atoms with Crippen LogP contribution in [0.3, 0.4) is 0 Å². The molecule has 0 atom stereocenters. The normalized spacial score (nSPS) is 18.5. The smallest absolute Gasteiger partial charge is 0.270 e. The van der Waals surface area contributed by atoms with E-state index < -0.39 is 5.60 Å². The summed E-state index contributed by atoms with van der Waals surface area (Å²) in [6.07, 6.45) is 7.35. The van der Waals surface area contributed by atoms with Crippen molar-refractivity contribution in [1.29, 1.82) is 0 Å². The molecule has 1 fully saturated rings. The number of carbonyl (C=O) groups excluding carboxylic acids is 2. The van der Waals surface area contributed by atoms with E-state index in [0.717, 1.165) is 25.7 Å². The van der Waals surface area contributed by atoms with Crippen molar-refractivity contribution >= 4 is 33.4 Å². The molecule has 3 rings (SSSR count). The Kier molecular flexibility index (Phi) is 8.26. The quantitative estimate of drug-likeness (QED) is 0.431. The van der Waals surface area contributed by atoms with Gasteiger partial charge in [0.25, 0.3) is 11.8 Å². The van der Waals surface area contributed by atoms with Gasteiger partial charge in [-0.2, -0.15) is 0 Å². The standard InChI is InChI=1S/C25H37BrN2O4/c1-17(2)28(18-11-7-6-8-12-18)23(29)19-15-21-22(16-20(19)26)32-25(3,4)24(30)27(21)13-9-10-14-31-5/h15-18H,6-14H2,1-5H3. The van der Waals surface area contributed by atoms with Gasteiger partial charge in [-0.15, -0.1) is 0 Å². The fourth-order valence-corrected chi connectivity index (χ4v) is 5.30. The van der Waals surface area contributed by atoms with Crippen LogP contribution in [-0.2, 0) is 9.53 Å². The minimum absolute atomic E-state index is 0.0122. The molecule has 1 aromatic rings. The van der Waals surface area contributed by atoms with Gasteiger partial charge in [-0.05, 0) is 81.4 Å². The second kappa shape index (κ2) is 10.6. The summed E-state index contributed by atoms with van der Waals surface area (Å²) in [7, 11) is 1.68. The Balaban J connectivity index is 1.96. The molecule has 1 heterocycles. The maximum Gasteiger partial charge on any atom is 0.270 e. The molecule has 7 heteroatoms. The first-order valence-electron chi connectivity index (χ1n) is 11.8. The summed E-state index contributed by atoms with van der Waals surface area (Å²) in [5.74, 6) is 0.549. The Bertz CT molecular complexity index is 833. The van der Waals surface area contributed by atoms with Crippen molar-refractivity contribution in [1.82, 2.24) is 4.90 Å². The van der Waals surface area contributed by atoms with Crippen LogP contribution in [-0.4, -0.2) is 54.7 Å². The highest BCUT2D eigenvalue weighted by atomic mass is 79.9. The van der Waals surface area contributed by atoms with Crippen LogP contribution in [0.25, 0.3) is 0 Å². The van der Waals surface area contributed by atoms with E-state index in [9.17, 15) is 9.59 Å². The highest BCUT2D eigenvalue weighted by Crippen LogP contribution is 2.42. The number of fused-ring (bicyclic) bond motifs is 1. The first-order chi connectivity index (χ1) is 15.2. The number of hydrogen-bond donors (Lipinski definition) is 0. The lowest BCUT2D eigenvalue weighted by molar-refractivity contribution is -0.132. The van der Waals surface area contributed by atoms with Crippen LogP contribution >= 0.6 is 15.9 Å². The van der Waals surface area contributed by atoms with Gasteiger partial charge in [-0.1, -0.05) is 19.3 Å². The van der Waals surface area contributed by atoms with Crippen LogP contribution < -0.4 is 9.64 Å². The minimum Gasteiger partial charge on any atom is -0.476 e. The summed E-state index contributed by atoms with van der Waals surface area (Å²) in [4.78, 5) is 30.7. The number of rotatable bonds is 8. The van der Waals surface area contributed by atoms with Crippen molar-refractivity contribution in [2.75, 3.05) is 25.2 Å². The number of amides is 2. The zero-order valence-corrected chi connectivity index (χ0v) is 21.7. The number of methoxy groups -OCH3 is 1. The summed E-state index contributed by atoms with van der Waals surface area (Å²) in [5, 5.41) is 0. The zero-order valence-electron chi connectivity index (χ0n) is 20.1. The maximum absolute atomic E-state index is 13.7. The Labute approximate surface area is 200 Å². The van der Waals surface area contributed by atoms with E-state index in [1.807, 2.05) is 17.0 Å². The monoisotopic (exact) mass is 508 g/mol. The molecule has 1 aliphatic carbocycles. The summed E-state index contributed by atoms with van der Waals surface area (Å²) in [5.41, 5.74) is 0.303. The van der Waals surface area contributed by atoms with Crippen molar-refractivity contribution in [3.8, 4) is 5.75 Å². The molecule has 6 nitrogen and oxygen atoms in total. The summed E-state index contributed by atoms with van der Waals surface area (Å²) >= 11 is 3.62. The Hall–Kier alpha value is -1.60. The molecule has 0 unspecified atom stereocenters. The number of hydrogen-bond acceptors (Lipinski definition) is 4. The van der Waals surface area contributed by atoms with Crippen molar-refractivity contribution in [3.63, 3.8) is 0 Å². The Morgan fingerprint density at radius 1 is 1.25 bits per heavy atom. The second-order valence-electron chi connectivity index (χ2n) is 9.67. The van der Waals surface area contributed by atoms with Crippen LogP contribution in [0.1, 0.15) is 83.0 Å². The highest BCUT2D eigenvalue weighted by Gasteiger charge is 2.41. The predicted octanol–water partition coefficient (Wildman–Crippen LogP) is 5.56. The summed E-state index contributed by atoms with van der Waals surface area (Å²) in [6.45, 7) is 8.96. The molecule has 0 bridgehead atoms. The van der Waals surface area contributed by atoms with E-state index in [1.165, 1.54) is 19.3 Å². The van der Waals surface area contributed by atoms with Gasteiger partial charge >= 0.3 is 0 Å². The molecule has 1 aliphatic heterocycles. The van der Waals surface area contributed by atoms with Gasteiger partial charge < -0.3 is 19.3 Å². The molecule has 178 valence electrons. The fourth-order valence-electron chi connectivity index (χ4n) is 4.81. The highest BCUT2D eigenvalue weighted by molar-refractivity contribution is 9.10. The van der Waals surface area contributed by atoms with Gasteiger partial charge in [-0.3, -0.25) is 9.59 Å². The summed E-state index contributed by atoms with van der Waals surface area (Å²) in [6, 6.07) is 4.05. The molecular formula is C25H37BrN2O4. The van der Waals surface area contributed by atoms with Crippen LogP contribution in [0.15, 0.2) is 16.6 Å². The third-order valence-corrected chi connectivity index (χ3v) is 7.09. The molecule has 2 amide bonds. The van der Waals surface area contributed by atoms with E-state index >= 15 is 0 Å². The molecular weight excluding hydrogens is 472 g/mol. The van der Waals surface area contributed by atoms with E-state index in [4.69, 9.17) is 9.47 Å². The minimum atomic E-state index is -0.953. The molecule has 0 spiro atoms. The number of carbonyl (C=O) groups is 2. The number of nitrogens with zero attached hydrogens (tertiary/aromatic N) is 2. The van der Waals surface area contributed by atoms with E-state index in [2.05, 4.69) is 29.8 Å². The molecule has 0 aromatic heterocycles. The van der Waals surface area contributed by atoms with Gasteiger partial charge in [0.2, 0.25) is 0 Å². The lowest BCUT2D eigenvalue weighted by atomic mass is 9.92. The van der Waals surface area contributed by atoms with Gasteiger partial charge in [-0.25, -0.2) is 0 Å². The molecule has 0 N–H and O–H groups in total. The van der Waals surface area contributed by atoms with Crippen molar-refractivity contribution in [3.05, 3.63) is 22.2 Å².